The first-order chi connectivity index (χ1) is 17.1. The van der Waals surface area contributed by atoms with Gasteiger partial charge in [-0.15, -0.1) is 0 Å². The van der Waals surface area contributed by atoms with Gasteiger partial charge in [-0.3, -0.25) is 4.79 Å². The number of carbonyl (C=O) groups is 1. The van der Waals surface area contributed by atoms with Crippen LogP contribution in [0.4, 0.5) is 5.69 Å². The lowest BCUT2D eigenvalue weighted by Gasteiger charge is -2.36. The van der Waals surface area contributed by atoms with Gasteiger partial charge in [-0.25, -0.2) is 4.98 Å². The molecule has 1 saturated heterocycles. The van der Waals surface area contributed by atoms with Crippen LogP contribution in [0.15, 0.2) is 78.9 Å². The molecule has 1 aliphatic heterocycles. The Balaban J connectivity index is 1.47. The van der Waals surface area contributed by atoms with E-state index in [0.717, 1.165) is 55.3 Å². The fourth-order valence-electron chi connectivity index (χ4n) is 4.76. The molecule has 0 bridgehead atoms. The van der Waals surface area contributed by atoms with Crippen molar-refractivity contribution in [1.82, 2.24) is 14.5 Å². The lowest BCUT2D eigenvalue weighted by Crippen LogP contribution is -2.48. The molecule has 1 fully saturated rings. The summed E-state index contributed by atoms with van der Waals surface area (Å²) in [5.74, 6) is 1.97. The summed E-state index contributed by atoms with van der Waals surface area (Å²) in [6, 6.07) is 26.9. The molecule has 0 aliphatic carbocycles. The minimum absolute atomic E-state index is 0.208. The van der Waals surface area contributed by atoms with Crippen LogP contribution < -0.4 is 9.64 Å². The molecule has 1 amide bonds. The third kappa shape index (κ3) is 5.02. The number of nitrogens with zero attached hydrogens (tertiary/aromatic N) is 4. The lowest BCUT2D eigenvalue weighted by molar-refractivity contribution is -0.131. The molecule has 4 aromatic rings. The summed E-state index contributed by atoms with van der Waals surface area (Å²) in [5.41, 5.74) is 4.44. The topological polar surface area (TPSA) is 50.6 Å². The Hall–Kier alpha value is -3.80. The van der Waals surface area contributed by atoms with E-state index in [0.29, 0.717) is 6.42 Å². The summed E-state index contributed by atoms with van der Waals surface area (Å²) in [4.78, 5) is 21.4. The lowest BCUT2D eigenvalue weighted by atomic mass is 10.2. The number of imidazole rings is 1. The summed E-state index contributed by atoms with van der Waals surface area (Å²) < 4.78 is 8.54. The van der Waals surface area contributed by atoms with Gasteiger partial charge in [0.1, 0.15) is 5.75 Å². The van der Waals surface area contributed by atoms with E-state index in [9.17, 15) is 4.79 Å². The molecule has 0 radical (unpaired) electrons. The van der Waals surface area contributed by atoms with Crippen molar-refractivity contribution < 1.29 is 9.53 Å². The number of carbonyl (C=O) groups excluding carboxylic acids is 1. The zero-order valence-corrected chi connectivity index (χ0v) is 20.4. The van der Waals surface area contributed by atoms with Crippen molar-refractivity contribution in [3.8, 4) is 5.75 Å². The van der Waals surface area contributed by atoms with Gasteiger partial charge < -0.3 is 19.1 Å². The number of hydrogen-bond donors (Lipinski definition) is 0. The molecular formula is C29H32N4O2. The first-order valence-corrected chi connectivity index (χ1v) is 12.4. The second kappa shape index (κ2) is 10.2. The van der Waals surface area contributed by atoms with Gasteiger partial charge in [0.2, 0.25) is 5.91 Å². The van der Waals surface area contributed by atoms with Crippen molar-refractivity contribution in [3.05, 3.63) is 90.3 Å². The van der Waals surface area contributed by atoms with Crippen LogP contribution in [-0.2, 0) is 11.3 Å². The van der Waals surface area contributed by atoms with Crippen LogP contribution in [-0.4, -0.2) is 46.5 Å². The first-order valence-electron chi connectivity index (χ1n) is 12.4. The highest BCUT2D eigenvalue weighted by molar-refractivity contribution is 5.81. The molecule has 35 heavy (non-hydrogen) atoms. The van der Waals surface area contributed by atoms with E-state index in [1.165, 1.54) is 11.3 Å². The molecule has 5 rings (SSSR count). The van der Waals surface area contributed by atoms with Crippen LogP contribution in [0.1, 0.15) is 37.8 Å². The summed E-state index contributed by atoms with van der Waals surface area (Å²) in [5, 5.41) is 0. The molecule has 1 atom stereocenters. The van der Waals surface area contributed by atoms with Gasteiger partial charge in [0.25, 0.3) is 0 Å². The van der Waals surface area contributed by atoms with Crippen molar-refractivity contribution in [1.29, 1.82) is 0 Å². The van der Waals surface area contributed by atoms with E-state index in [-0.39, 0.29) is 12.0 Å². The number of benzene rings is 3. The maximum absolute atomic E-state index is 12.1. The highest BCUT2D eigenvalue weighted by atomic mass is 16.5. The number of piperazine rings is 1. The molecular weight excluding hydrogens is 436 g/mol. The van der Waals surface area contributed by atoms with Gasteiger partial charge >= 0.3 is 0 Å². The Bertz CT molecular complexity index is 1280. The molecule has 6 nitrogen and oxygen atoms in total. The molecule has 3 aromatic carbocycles. The third-order valence-electron chi connectivity index (χ3n) is 6.66. The second-order valence-corrected chi connectivity index (χ2v) is 9.01. The average molecular weight is 469 g/mol. The Morgan fingerprint density at radius 1 is 0.943 bits per heavy atom. The van der Waals surface area contributed by atoms with Crippen LogP contribution in [0, 0.1) is 0 Å². The van der Waals surface area contributed by atoms with E-state index in [1.807, 2.05) is 48.2 Å². The zero-order valence-electron chi connectivity index (χ0n) is 20.4. The number of anilines is 1. The minimum atomic E-state index is -0.208. The van der Waals surface area contributed by atoms with E-state index >= 15 is 0 Å². The van der Waals surface area contributed by atoms with Gasteiger partial charge in [-0.1, -0.05) is 55.5 Å². The molecule has 1 aromatic heterocycles. The van der Waals surface area contributed by atoms with Crippen LogP contribution in [0.3, 0.4) is 0 Å². The Morgan fingerprint density at radius 3 is 2.31 bits per heavy atom. The highest BCUT2D eigenvalue weighted by Crippen LogP contribution is 2.29. The average Bonchev–Trinajstić information content (AvgIpc) is 3.27. The minimum Gasteiger partial charge on any atom is -0.483 e. The summed E-state index contributed by atoms with van der Waals surface area (Å²) in [7, 11) is 0. The largest absolute Gasteiger partial charge is 0.483 e. The van der Waals surface area contributed by atoms with Gasteiger partial charge in [0.05, 0.1) is 11.0 Å². The normalized spacial score (nSPS) is 14.8. The van der Waals surface area contributed by atoms with Gasteiger partial charge in [-0.05, 0) is 42.8 Å². The van der Waals surface area contributed by atoms with Crippen molar-refractivity contribution in [2.45, 2.75) is 32.9 Å². The predicted molar refractivity (Wildman–Crippen MR) is 140 cm³/mol. The number of aromatic nitrogens is 2. The standard InChI is InChI=1S/C29H32N4O2/c1-3-28(34)32-18-16-31(17-19-32)24-14-15-26-27(20-24)33(21-23-10-6-4-7-11-23)29(30-26)22(2)35-25-12-8-5-9-13-25/h4-15,20,22H,3,16-19,21H2,1-2H3. The second-order valence-electron chi connectivity index (χ2n) is 9.01. The fourth-order valence-corrected chi connectivity index (χ4v) is 4.76. The molecule has 0 N–H and O–H groups in total. The first kappa shape index (κ1) is 23.0. The van der Waals surface area contributed by atoms with Crippen LogP contribution in [0.2, 0.25) is 0 Å². The van der Waals surface area contributed by atoms with Gasteiger partial charge in [0.15, 0.2) is 11.9 Å². The number of fused-ring (bicyclic) bond motifs is 1. The molecule has 1 aliphatic rings. The zero-order chi connectivity index (χ0) is 24.2. The summed E-state index contributed by atoms with van der Waals surface area (Å²) >= 11 is 0. The van der Waals surface area contributed by atoms with Crippen LogP contribution >= 0.6 is 0 Å². The van der Waals surface area contributed by atoms with E-state index in [4.69, 9.17) is 9.72 Å². The molecule has 6 heteroatoms. The van der Waals surface area contributed by atoms with Crippen LogP contribution in [0.25, 0.3) is 11.0 Å². The molecule has 1 unspecified atom stereocenters. The number of rotatable bonds is 7. The fraction of sp³-hybridized carbons (Fsp3) is 0.310. The quantitative estimate of drug-likeness (QED) is 0.370. The van der Waals surface area contributed by atoms with Crippen molar-refractivity contribution in [2.75, 3.05) is 31.1 Å². The number of ether oxygens (including phenoxy) is 1. The smallest absolute Gasteiger partial charge is 0.222 e. The van der Waals surface area contributed by atoms with E-state index in [1.54, 1.807) is 0 Å². The van der Waals surface area contributed by atoms with Crippen LogP contribution in [0.5, 0.6) is 5.75 Å². The van der Waals surface area contributed by atoms with Gasteiger partial charge in [0, 0.05) is 44.8 Å². The Labute approximate surface area is 206 Å². The van der Waals surface area contributed by atoms with E-state index < -0.39 is 0 Å². The van der Waals surface area contributed by atoms with Gasteiger partial charge in [-0.2, -0.15) is 0 Å². The number of amides is 1. The molecule has 2 heterocycles. The predicted octanol–water partition coefficient (Wildman–Crippen LogP) is 5.28. The maximum Gasteiger partial charge on any atom is 0.222 e. The summed E-state index contributed by atoms with van der Waals surface area (Å²) in [6.45, 7) is 7.91. The number of para-hydroxylation sites is 1. The molecule has 180 valence electrons. The maximum atomic E-state index is 12.1. The SMILES string of the molecule is CCC(=O)N1CCN(c2ccc3nc(C(C)Oc4ccccc4)n(Cc4ccccc4)c3c2)CC1. The monoisotopic (exact) mass is 468 g/mol. The van der Waals surface area contributed by atoms with Crippen molar-refractivity contribution in [2.24, 2.45) is 0 Å². The van der Waals surface area contributed by atoms with E-state index in [2.05, 4.69) is 58.9 Å². The Kier molecular flexibility index (Phi) is 6.70. The van der Waals surface area contributed by atoms with Crippen molar-refractivity contribution >= 4 is 22.6 Å². The summed E-state index contributed by atoms with van der Waals surface area (Å²) in [6.07, 6.45) is 0.358. The molecule has 0 saturated carbocycles. The Morgan fingerprint density at radius 2 is 1.63 bits per heavy atom. The highest BCUT2D eigenvalue weighted by Gasteiger charge is 2.23. The number of hydrogen-bond acceptors (Lipinski definition) is 4. The van der Waals surface area contributed by atoms with Crippen molar-refractivity contribution in [3.63, 3.8) is 0 Å². The third-order valence-corrected chi connectivity index (χ3v) is 6.66. The molecule has 0 spiro atoms.